The monoisotopic (exact) mass is 174 g/mol. The Morgan fingerprint density at radius 1 is 1.17 bits per heavy atom. The fraction of sp³-hybridized carbons (Fsp3) is 1.00. The highest BCUT2D eigenvalue weighted by Crippen LogP contribution is 2.40. The van der Waals surface area contributed by atoms with E-state index in [4.69, 9.17) is 4.74 Å². The molecule has 1 aliphatic heterocycles. The van der Waals surface area contributed by atoms with Gasteiger partial charge in [0.25, 0.3) is 0 Å². The predicted molar refractivity (Wildman–Crippen MR) is 40.6 cm³/mol. The summed E-state index contributed by atoms with van der Waals surface area (Å²) in [5.74, 6) is 0. The zero-order valence-electron chi connectivity index (χ0n) is 6.81. The summed E-state index contributed by atoms with van der Waals surface area (Å²) in [7, 11) is 0. The number of rotatable bonds is 0. The standard InChI is InChI=1S/C8H14O4/c9-5-1-2-8(3-4-12-8)7(11)6(5)10/h5-7,9-11H,1-4H2. The molecule has 2 aliphatic rings. The van der Waals surface area contributed by atoms with Gasteiger partial charge in [0, 0.05) is 6.42 Å². The minimum atomic E-state index is -1.04. The van der Waals surface area contributed by atoms with Crippen LogP contribution in [0.1, 0.15) is 19.3 Å². The molecule has 4 atom stereocenters. The van der Waals surface area contributed by atoms with Gasteiger partial charge in [0.1, 0.15) is 12.2 Å². The highest BCUT2D eigenvalue weighted by atomic mass is 16.5. The molecule has 1 saturated heterocycles. The van der Waals surface area contributed by atoms with Crippen LogP contribution in [-0.4, -0.2) is 45.8 Å². The molecule has 12 heavy (non-hydrogen) atoms. The van der Waals surface area contributed by atoms with Crippen molar-refractivity contribution in [2.45, 2.75) is 43.2 Å². The first-order valence-electron chi connectivity index (χ1n) is 4.34. The van der Waals surface area contributed by atoms with Crippen molar-refractivity contribution in [3.05, 3.63) is 0 Å². The Kier molecular flexibility index (Phi) is 1.88. The zero-order valence-corrected chi connectivity index (χ0v) is 6.81. The third-order valence-electron chi connectivity index (χ3n) is 3.03. The maximum atomic E-state index is 9.58. The topological polar surface area (TPSA) is 69.9 Å². The minimum absolute atomic E-state index is 0.512. The van der Waals surface area contributed by atoms with Crippen LogP contribution in [0.25, 0.3) is 0 Å². The van der Waals surface area contributed by atoms with Crippen molar-refractivity contribution < 1.29 is 20.1 Å². The Balaban J connectivity index is 2.09. The van der Waals surface area contributed by atoms with E-state index in [9.17, 15) is 15.3 Å². The molecule has 70 valence electrons. The highest BCUT2D eigenvalue weighted by Gasteiger charge is 2.52. The summed E-state index contributed by atoms with van der Waals surface area (Å²) in [6.07, 6.45) is -0.813. The molecule has 2 fully saturated rings. The molecule has 4 nitrogen and oxygen atoms in total. The number of hydrogen-bond donors (Lipinski definition) is 3. The van der Waals surface area contributed by atoms with E-state index in [-0.39, 0.29) is 0 Å². The van der Waals surface area contributed by atoms with Crippen LogP contribution in [0.5, 0.6) is 0 Å². The summed E-state index contributed by atoms with van der Waals surface area (Å²) in [4.78, 5) is 0. The van der Waals surface area contributed by atoms with Crippen LogP contribution >= 0.6 is 0 Å². The van der Waals surface area contributed by atoms with Gasteiger partial charge in [-0.1, -0.05) is 0 Å². The number of ether oxygens (including phenoxy) is 1. The summed E-state index contributed by atoms with van der Waals surface area (Å²) >= 11 is 0. The number of aliphatic hydroxyl groups is 3. The van der Waals surface area contributed by atoms with Crippen LogP contribution in [0.4, 0.5) is 0 Å². The van der Waals surface area contributed by atoms with Crippen LogP contribution < -0.4 is 0 Å². The smallest absolute Gasteiger partial charge is 0.111 e. The third-order valence-corrected chi connectivity index (χ3v) is 3.03. The molecule has 1 aliphatic carbocycles. The summed E-state index contributed by atoms with van der Waals surface area (Å²) in [6.45, 7) is 0.653. The Morgan fingerprint density at radius 3 is 2.33 bits per heavy atom. The molecule has 3 N–H and O–H groups in total. The van der Waals surface area contributed by atoms with E-state index in [0.29, 0.717) is 19.4 Å². The van der Waals surface area contributed by atoms with Crippen molar-refractivity contribution >= 4 is 0 Å². The van der Waals surface area contributed by atoms with Gasteiger partial charge in [0.05, 0.1) is 18.3 Å². The van der Waals surface area contributed by atoms with Crippen LogP contribution in [-0.2, 0) is 4.74 Å². The third kappa shape index (κ3) is 0.992. The molecule has 4 unspecified atom stereocenters. The van der Waals surface area contributed by atoms with Crippen molar-refractivity contribution in [1.82, 2.24) is 0 Å². The molecule has 1 saturated carbocycles. The van der Waals surface area contributed by atoms with E-state index in [0.717, 1.165) is 6.42 Å². The first-order valence-corrected chi connectivity index (χ1v) is 4.34. The number of aliphatic hydroxyl groups excluding tert-OH is 3. The van der Waals surface area contributed by atoms with E-state index in [1.807, 2.05) is 0 Å². The fourth-order valence-electron chi connectivity index (χ4n) is 2.03. The van der Waals surface area contributed by atoms with E-state index in [1.165, 1.54) is 0 Å². The first kappa shape index (κ1) is 8.44. The predicted octanol–water partition coefficient (Wildman–Crippen LogP) is -0.978. The van der Waals surface area contributed by atoms with Gasteiger partial charge in [0.2, 0.25) is 0 Å². The number of hydrogen-bond acceptors (Lipinski definition) is 4. The second-order valence-corrected chi connectivity index (χ2v) is 3.70. The van der Waals surface area contributed by atoms with E-state index < -0.39 is 23.9 Å². The van der Waals surface area contributed by atoms with Gasteiger partial charge in [-0.2, -0.15) is 0 Å². The van der Waals surface area contributed by atoms with Crippen molar-refractivity contribution in [2.24, 2.45) is 0 Å². The molecular weight excluding hydrogens is 160 g/mol. The minimum Gasteiger partial charge on any atom is -0.390 e. The van der Waals surface area contributed by atoms with Crippen LogP contribution in [0.2, 0.25) is 0 Å². The molecule has 0 bridgehead atoms. The molecule has 0 aromatic rings. The van der Waals surface area contributed by atoms with Gasteiger partial charge in [0.15, 0.2) is 0 Å². The molecule has 0 aromatic heterocycles. The van der Waals surface area contributed by atoms with Crippen molar-refractivity contribution in [3.8, 4) is 0 Å². The second-order valence-electron chi connectivity index (χ2n) is 3.70. The van der Waals surface area contributed by atoms with Crippen LogP contribution in [0.3, 0.4) is 0 Å². The average molecular weight is 174 g/mol. The van der Waals surface area contributed by atoms with Gasteiger partial charge >= 0.3 is 0 Å². The summed E-state index contributed by atoms with van der Waals surface area (Å²) in [5, 5.41) is 28.2. The maximum Gasteiger partial charge on any atom is 0.111 e. The normalized spacial score (nSPS) is 53.8. The lowest BCUT2D eigenvalue weighted by Crippen LogP contribution is -2.63. The highest BCUT2D eigenvalue weighted by molar-refractivity contribution is 5.03. The van der Waals surface area contributed by atoms with Gasteiger partial charge in [-0.3, -0.25) is 0 Å². The largest absolute Gasteiger partial charge is 0.390 e. The van der Waals surface area contributed by atoms with E-state index >= 15 is 0 Å². The van der Waals surface area contributed by atoms with E-state index in [2.05, 4.69) is 0 Å². The zero-order chi connectivity index (χ0) is 8.77. The summed E-state index contributed by atoms with van der Waals surface area (Å²) < 4.78 is 5.27. The summed E-state index contributed by atoms with van der Waals surface area (Å²) in [5.41, 5.74) is -0.543. The van der Waals surface area contributed by atoms with Crippen molar-refractivity contribution in [2.75, 3.05) is 6.61 Å². The lowest BCUT2D eigenvalue weighted by molar-refractivity contribution is -0.260. The van der Waals surface area contributed by atoms with Gasteiger partial charge in [-0.25, -0.2) is 0 Å². The summed E-state index contributed by atoms with van der Waals surface area (Å²) in [6, 6.07) is 0. The van der Waals surface area contributed by atoms with Crippen LogP contribution in [0, 0.1) is 0 Å². The first-order chi connectivity index (χ1) is 5.66. The van der Waals surface area contributed by atoms with Crippen molar-refractivity contribution in [1.29, 1.82) is 0 Å². The molecule has 0 amide bonds. The van der Waals surface area contributed by atoms with E-state index in [1.54, 1.807) is 0 Å². The molecule has 1 spiro atoms. The Hall–Kier alpha value is -0.160. The molecule has 0 radical (unpaired) electrons. The lowest BCUT2D eigenvalue weighted by atomic mass is 9.74. The van der Waals surface area contributed by atoms with Gasteiger partial charge in [-0.15, -0.1) is 0 Å². The Morgan fingerprint density at radius 2 is 1.83 bits per heavy atom. The molecule has 0 aromatic carbocycles. The molecule has 1 heterocycles. The van der Waals surface area contributed by atoms with Gasteiger partial charge in [-0.05, 0) is 12.8 Å². The Bertz CT molecular complexity index is 178. The Labute approximate surface area is 70.8 Å². The lowest BCUT2D eigenvalue weighted by Gasteiger charge is -2.50. The average Bonchev–Trinajstić information content (AvgIpc) is 1.98. The SMILES string of the molecule is OC1CCC2(CCO2)C(O)C1O. The molecule has 4 heteroatoms. The quantitative estimate of drug-likeness (QED) is 0.441. The molecular formula is C8H14O4. The molecule has 2 rings (SSSR count). The maximum absolute atomic E-state index is 9.58. The van der Waals surface area contributed by atoms with Crippen LogP contribution in [0.15, 0.2) is 0 Å². The van der Waals surface area contributed by atoms with Crippen molar-refractivity contribution in [3.63, 3.8) is 0 Å². The second kappa shape index (κ2) is 2.67. The van der Waals surface area contributed by atoms with Gasteiger partial charge < -0.3 is 20.1 Å². The fourth-order valence-corrected chi connectivity index (χ4v) is 2.03.